The number of benzene rings is 1. The molecule has 1 aliphatic heterocycles. The highest BCUT2D eigenvalue weighted by molar-refractivity contribution is 5.82. The number of piperidine rings is 1. The molecule has 98 valence electrons. The van der Waals surface area contributed by atoms with Crippen LogP contribution in [0.2, 0.25) is 0 Å². The Bertz CT molecular complexity index is 411. The third kappa shape index (κ3) is 3.33. The predicted octanol–water partition coefficient (Wildman–Crippen LogP) is 2.31. The number of amides is 1. The number of aryl methyl sites for hydroxylation is 1. The first-order valence-corrected chi connectivity index (χ1v) is 6.77. The van der Waals surface area contributed by atoms with E-state index >= 15 is 0 Å². The van der Waals surface area contributed by atoms with Gasteiger partial charge in [0.2, 0.25) is 5.91 Å². The molecule has 2 rings (SSSR count). The molecule has 1 aromatic carbocycles. The Morgan fingerprint density at radius 1 is 1.44 bits per heavy atom. The van der Waals surface area contributed by atoms with Crippen LogP contribution in [-0.2, 0) is 4.79 Å². The summed E-state index contributed by atoms with van der Waals surface area (Å²) >= 11 is 0. The third-order valence-corrected chi connectivity index (χ3v) is 3.53. The van der Waals surface area contributed by atoms with Crippen molar-refractivity contribution in [1.29, 1.82) is 0 Å². The molecular formula is C15H22N2O. The van der Waals surface area contributed by atoms with Crippen LogP contribution < -0.4 is 10.6 Å². The maximum atomic E-state index is 12.1. The first-order chi connectivity index (χ1) is 8.66. The van der Waals surface area contributed by atoms with Crippen molar-refractivity contribution in [3.63, 3.8) is 0 Å². The van der Waals surface area contributed by atoms with E-state index in [2.05, 4.69) is 35.8 Å². The van der Waals surface area contributed by atoms with Crippen LogP contribution >= 0.6 is 0 Å². The normalized spacial score (nSPS) is 21.3. The Balaban J connectivity index is 1.94. The van der Waals surface area contributed by atoms with Crippen molar-refractivity contribution in [3.8, 4) is 0 Å². The summed E-state index contributed by atoms with van der Waals surface area (Å²) in [4.78, 5) is 12.1. The second kappa shape index (κ2) is 6.01. The smallest absolute Gasteiger partial charge is 0.237 e. The number of nitrogens with one attached hydrogen (secondary N) is 2. The van der Waals surface area contributed by atoms with Gasteiger partial charge in [0.25, 0.3) is 0 Å². The Morgan fingerprint density at radius 3 is 2.94 bits per heavy atom. The SMILES string of the molecule is Cc1cccc([C@H](C)NC(=O)[C@@H]2CCCCN2)c1. The summed E-state index contributed by atoms with van der Waals surface area (Å²) in [7, 11) is 0. The molecule has 1 fully saturated rings. The largest absolute Gasteiger partial charge is 0.348 e. The van der Waals surface area contributed by atoms with Crippen molar-refractivity contribution >= 4 is 5.91 Å². The maximum absolute atomic E-state index is 12.1. The summed E-state index contributed by atoms with van der Waals surface area (Å²) in [6, 6.07) is 8.35. The Kier molecular flexibility index (Phi) is 4.37. The van der Waals surface area contributed by atoms with Crippen LogP contribution in [0.5, 0.6) is 0 Å². The van der Waals surface area contributed by atoms with Crippen LogP contribution in [0.4, 0.5) is 0 Å². The van der Waals surface area contributed by atoms with Crippen LogP contribution in [0.3, 0.4) is 0 Å². The number of hydrogen-bond donors (Lipinski definition) is 2. The van der Waals surface area contributed by atoms with Gasteiger partial charge < -0.3 is 10.6 Å². The van der Waals surface area contributed by atoms with Crippen LogP contribution in [0.15, 0.2) is 24.3 Å². The Morgan fingerprint density at radius 2 is 2.28 bits per heavy atom. The van der Waals surface area contributed by atoms with Crippen molar-refractivity contribution in [3.05, 3.63) is 35.4 Å². The van der Waals surface area contributed by atoms with Gasteiger partial charge in [-0.3, -0.25) is 4.79 Å². The Labute approximate surface area is 109 Å². The molecule has 2 N–H and O–H groups in total. The number of carbonyl (C=O) groups excluding carboxylic acids is 1. The molecule has 1 saturated heterocycles. The highest BCUT2D eigenvalue weighted by atomic mass is 16.2. The molecule has 0 radical (unpaired) electrons. The maximum Gasteiger partial charge on any atom is 0.237 e. The lowest BCUT2D eigenvalue weighted by molar-refractivity contribution is -0.124. The zero-order valence-electron chi connectivity index (χ0n) is 11.2. The van der Waals surface area contributed by atoms with Gasteiger partial charge in [0.05, 0.1) is 12.1 Å². The minimum absolute atomic E-state index is 0.00832. The summed E-state index contributed by atoms with van der Waals surface area (Å²) in [5.41, 5.74) is 2.39. The zero-order chi connectivity index (χ0) is 13.0. The van der Waals surface area contributed by atoms with Crippen molar-refractivity contribution in [2.24, 2.45) is 0 Å². The van der Waals surface area contributed by atoms with E-state index in [-0.39, 0.29) is 18.0 Å². The van der Waals surface area contributed by atoms with Gasteiger partial charge in [0.15, 0.2) is 0 Å². The van der Waals surface area contributed by atoms with Crippen LogP contribution in [0.25, 0.3) is 0 Å². The molecule has 18 heavy (non-hydrogen) atoms. The van der Waals surface area contributed by atoms with Crippen LogP contribution in [0.1, 0.15) is 43.4 Å². The van der Waals surface area contributed by atoms with E-state index in [4.69, 9.17) is 0 Å². The van der Waals surface area contributed by atoms with E-state index in [0.29, 0.717) is 0 Å². The van der Waals surface area contributed by atoms with Gasteiger partial charge in [-0.25, -0.2) is 0 Å². The molecule has 0 aromatic heterocycles. The first-order valence-electron chi connectivity index (χ1n) is 6.77. The summed E-state index contributed by atoms with van der Waals surface area (Å²) in [5.74, 6) is 0.128. The van der Waals surface area contributed by atoms with Crippen LogP contribution in [-0.4, -0.2) is 18.5 Å². The molecule has 0 aliphatic carbocycles. The minimum atomic E-state index is -0.00832. The number of carbonyl (C=O) groups is 1. The molecular weight excluding hydrogens is 224 g/mol. The van der Waals surface area contributed by atoms with Gasteiger partial charge in [-0.1, -0.05) is 36.2 Å². The van der Waals surface area contributed by atoms with Gasteiger partial charge in [0, 0.05) is 0 Å². The molecule has 1 amide bonds. The zero-order valence-corrected chi connectivity index (χ0v) is 11.2. The van der Waals surface area contributed by atoms with Gasteiger partial charge in [-0.2, -0.15) is 0 Å². The van der Waals surface area contributed by atoms with Crippen molar-refractivity contribution in [1.82, 2.24) is 10.6 Å². The van der Waals surface area contributed by atoms with Gasteiger partial charge >= 0.3 is 0 Å². The molecule has 1 aliphatic rings. The molecule has 0 saturated carbocycles. The average Bonchev–Trinajstić information content (AvgIpc) is 2.39. The van der Waals surface area contributed by atoms with Crippen molar-refractivity contribution in [2.45, 2.75) is 45.2 Å². The molecule has 0 unspecified atom stereocenters. The summed E-state index contributed by atoms with van der Waals surface area (Å²) in [6.07, 6.45) is 3.27. The fourth-order valence-corrected chi connectivity index (χ4v) is 2.41. The summed E-state index contributed by atoms with van der Waals surface area (Å²) in [6.45, 7) is 5.06. The monoisotopic (exact) mass is 246 g/mol. The standard InChI is InChI=1S/C15H22N2O/c1-11-6-5-7-13(10-11)12(2)17-15(18)14-8-3-4-9-16-14/h5-7,10,12,14,16H,3-4,8-9H2,1-2H3,(H,17,18)/t12-,14-/m0/s1. The highest BCUT2D eigenvalue weighted by Crippen LogP contribution is 2.15. The van der Waals surface area contributed by atoms with E-state index in [1.54, 1.807) is 0 Å². The quantitative estimate of drug-likeness (QED) is 0.859. The molecule has 0 bridgehead atoms. The van der Waals surface area contributed by atoms with Crippen molar-refractivity contribution in [2.75, 3.05) is 6.54 Å². The fraction of sp³-hybridized carbons (Fsp3) is 0.533. The molecule has 3 nitrogen and oxygen atoms in total. The fourth-order valence-electron chi connectivity index (χ4n) is 2.41. The predicted molar refractivity (Wildman–Crippen MR) is 73.4 cm³/mol. The van der Waals surface area contributed by atoms with E-state index in [1.807, 2.05) is 13.0 Å². The highest BCUT2D eigenvalue weighted by Gasteiger charge is 2.21. The van der Waals surface area contributed by atoms with Crippen molar-refractivity contribution < 1.29 is 4.79 Å². The topological polar surface area (TPSA) is 41.1 Å². The van der Waals surface area contributed by atoms with E-state index < -0.39 is 0 Å². The van der Waals surface area contributed by atoms with E-state index in [9.17, 15) is 4.79 Å². The molecule has 3 heteroatoms. The number of hydrogen-bond acceptors (Lipinski definition) is 2. The van der Waals surface area contributed by atoms with E-state index in [0.717, 1.165) is 19.4 Å². The lowest BCUT2D eigenvalue weighted by atomic mass is 10.0. The van der Waals surface area contributed by atoms with Crippen LogP contribution in [0, 0.1) is 6.92 Å². The second-order valence-corrected chi connectivity index (χ2v) is 5.15. The molecule has 1 aromatic rings. The Hall–Kier alpha value is -1.35. The van der Waals surface area contributed by atoms with Gasteiger partial charge in [-0.15, -0.1) is 0 Å². The first kappa shape index (κ1) is 13.1. The molecule has 0 spiro atoms. The molecule has 2 atom stereocenters. The van der Waals surface area contributed by atoms with Gasteiger partial charge in [0.1, 0.15) is 0 Å². The second-order valence-electron chi connectivity index (χ2n) is 5.15. The average molecular weight is 246 g/mol. The lowest BCUT2D eigenvalue weighted by Crippen LogP contribution is -2.47. The van der Waals surface area contributed by atoms with E-state index in [1.165, 1.54) is 17.5 Å². The lowest BCUT2D eigenvalue weighted by Gasteiger charge is -2.24. The third-order valence-electron chi connectivity index (χ3n) is 3.53. The van der Waals surface area contributed by atoms with Gasteiger partial charge in [-0.05, 0) is 38.8 Å². The summed E-state index contributed by atoms with van der Waals surface area (Å²) in [5, 5.41) is 6.37. The number of rotatable bonds is 3. The molecule has 1 heterocycles. The minimum Gasteiger partial charge on any atom is -0.348 e. The summed E-state index contributed by atoms with van der Waals surface area (Å²) < 4.78 is 0.